The van der Waals surface area contributed by atoms with Gasteiger partial charge >= 0.3 is 5.97 Å². The lowest BCUT2D eigenvalue weighted by Gasteiger charge is -2.04. The Morgan fingerprint density at radius 1 is 1.37 bits per heavy atom. The Balaban J connectivity index is 0.00000180. The highest BCUT2D eigenvalue weighted by Gasteiger charge is 2.14. The summed E-state index contributed by atoms with van der Waals surface area (Å²) in [5.74, 6) is -1.02. The summed E-state index contributed by atoms with van der Waals surface area (Å²) in [5, 5.41) is 16.2. The molecule has 1 heterocycles. The molecule has 6 heteroatoms. The molecule has 0 unspecified atom stereocenters. The summed E-state index contributed by atoms with van der Waals surface area (Å²) in [4.78, 5) is 11.0. The second kappa shape index (κ2) is 6.80. The van der Waals surface area contributed by atoms with E-state index in [9.17, 15) is 4.79 Å². The molecule has 1 aromatic heterocycles. The van der Waals surface area contributed by atoms with Crippen LogP contribution >= 0.6 is 12.4 Å². The van der Waals surface area contributed by atoms with E-state index in [1.165, 1.54) is 0 Å². The lowest BCUT2D eigenvalue weighted by atomic mass is 10.2. The lowest BCUT2D eigenvalue weighted by molar-refractivity contribution is 0.0690. The number of halogens is 1. The number of nitrogens with zero attached hydrogens (tertiary/aromatic N) is 2. The smallest absolute Gasteiger partial charge is 0.358 e. The summed E-state index contributed by atoms with van der Waals surface area (Å²) >= 11 is 0. The van der Waals surface area contributed by atoms with Crippen LogP contribution in [0, 0.1) is 0 Å². The minimum atomic E-state index is -1.02. The van der Waals surface area contributed by atoms with Gasteiger partial charge in [-0.1, -0.05) is 30.3 Å². The Bertz CT molecular complexity index is 540. The molecule has 0 bridgehead atoms. The summed E-state index contributed by atoms with van der Waals surface area (Å²) in [7, 11) is 0. The van der Waals surface area contributed by atoms with E-state index in [2.05, 4.69) is 10.4 Å². The number of carbonyl (C=O) groups is 1. The molecule has 0 saturated carbocycles. The Kier molecular flexibility index (Phi) is 5.38. The van der Waals surface area contributed by atoms with E-state index in [-0.39, 0.29) is 18.1 Å². The predicted molar refractivity (Wildman–Crippen MR) is 75.9 cm³/mol. The number of benzene rings is 1. The van der Waals surface area contributed by atoms with Crippen LogP contribution in [-0.4, -0.2) is 20.9 Å². The molecule has 0 atom stereocenters. The minimum Gasteiger partial charge on any atom is -0.476 e. The fraction of sp³-hybridized carbons (Fsp3) is 0.231. The molecule has 1 aromatic carbocycles. The maximum atomic E-state index is 11.0. The molecule has 102 valence electrons. The van der Waals surface area contributed by atoms with Gasteiger partial charge in [0.15, 0.2) is 5.69 Å². The van der Waals surface area contributed by atoms with Crippen molar-refractivity contribution in [3.63, 3.8) is 0 Å². The molecule has 0 aliphatic carbocycles. The third kappa shape index (κ3) is 3.72. The molecule has 0 radical (unpaired) electrons. The highest BCUT2D eigenvalue weighted by molar-refractivity contribution is 5.91. The van der Waals surface area contributed by atoms with E-state index >= 15 is 0 Å². The maximum Gasteiger partial charge on any atom is 0.358 e. The Labute approximate surface area is 117 Å². The fourth-order valence-electron chi connectivity index (χ4n) is 1.66. The van der Waals surface area contributed by atoms with Crippen molar-refractivity contribution in [2.45, 2.75) is 20.0 Å². The van der Waals surface area contributed by atoms with Crippen molar-refractivity contribution in [3.8, 4) is 0 Å². The summed E-state index contributed by atoms with van der Waals surface area (Å²) in [6, 6.07) is 9.81. The molecule has 0 spiro atoms. The number of nitrogens with one attached hydrogen (secondary N) is 1. The van der Waals surface area contributed by atoms with Crippen LogP contribution in [0.5, 0.6) is 0 Å². The Morgan fingerprint density at radius 2 is 2.05 bits per heavy atom. The number of hydrogen-bond donors (Lipinski definition) is 2. The van der Waals surface area contributed by atoms with Gasteiger partial charge in [-0.2, -0.15) is 5.10 Å². The third-order valence-electron chi connectivity index (χ3n) is 2.61. The van der Waals surface area contributed by atoms with Crippen molar-refractivity contribution in [3.05, 3.63) is 47.8 Å². The zero-order chi connectivity index (χ0) is 13.0. The van der Waals surface area contributed by atoms with Gasteiger partial charge in [-0.15, -0.1) is 12.4 Å². The van der Waals surface area contributed by atoms with Gasteiger partial charge in [0.2, 0.25) is 0 Å². The van der Waals surface area contributed by atoms with Gasteiger partial charge in [0, 0.05) is 19.3 Å². The Hall–Kier alpha value is -2.01. The van der Waals surface area contributed by atoms with Crippen LogP contribution in [0.25, 0.3) is 0 Å². The van der Waals surface area contributed by atoms with Gasteiger partial charge in [0.1, 0.15) is 0 Å². The van der Waals surface area contributed by atoms with Crippen molar-refractivity contribution < 1.29 is 9.90 Å². The largest absolute Gasteiger partial charge is 0.476 e. The molecule has 0 aliphatic rings. The van der Waals surface area contributed by atoms with Gasteiger partial charge in [0.25, 0.3) is 0 Å². The van der Waals surface area contributed by atoms with Crippen molar-refractivity contribution in [1.29, 1.82) is 0 Å². The molecule has 2 aromatic rings. The fourth-order valence-corrected chi connectivity index (χ4v) is 1.66. The summed E-state index contributed by atoms with van der Waals surface area (Å²) in [6.07, 6.45) is 1.71. The van der Waals surface area contributed by atoms with Crippen LogP contribution in [0.15, 0.2) is 36.5 Å². The average molecular weight is 282 g/mol. The van der Waals surface area contributed by atoms with Gasteiger partial charge < -0.3 is 10.4 Å². The van der Waals surface area contributed by atoms with E-state index in [0.29, 0.717) is 18.8 Å². The van der Waals surface area contributed by atoms with Crippen LogP contribution in [0.2, 0.25) is 0 Å². The molecule has 2 rings (SSSR count). The topological polar surface area (TPSA) is 67.2 Å². The van der Waals surface area contributed by atoms with E-state index in [1.54, 1.807) is 10.9 Å². The molecule has 0 aliphatic heterocycles. The zero-order valence-electron chi connectivity index (χ0n) is 10.5. The first-order chi connectivity index (χ1) is 8.70. The second-order valence-corrected chi connectivity index (χ2v) is 3.89. The molecule has 0 fully saturated rings. The molecule has 19 heavy (non-hydrogen) atoms. The number of rotatable bonds is 5. The SMILES string of the molecule is CCn1cc(NCc2ccccc2)c(C(=O)O)n1.Cl. The zero-order valence-corrected chi connectivity index (χ0v) is 11.4. The molecule has 5 nitrogen and oxygen atoms in total. The van der Waals surface area contributed by atoms with E-state index in [0.717, 1.165) is 5.56 Å². The standard InChI is InChI=1S/C13H15N3O2.ClH/c1-2-16-9-11(12(15-16)13(17)18)14-8-10-6-4-3-5-7-10;/h3-7,9,14H,2,8H2,1H3,(H,17,18);1H. The van der Waals surface area contributed by atoms with Gasteiger partial charge in [0.05, 0.1) is 5.69 Å². The monoisotopic (exact) mass is 281 g/mol. The maximum absolute atomic E-state index is 11.0. The van der Waals surface area contributed by atoms with E-state index < -0.39 is 5.97 Å². The van der Waals surface area contributed by atoms with E-state index in [4.69, 9.17) is 5.11 Å². The predicted octanol–water partition coefficient (Wildman–Crippen LogP) is 2.64. The molecular formula is C13H16ClN3O2. The molecule has 0 amide bonds. The number of aromatic carboxylic acids is 1. The van der Waals surface area contributed by atoms with Crippen molar-refractivity contribution in [1.82, 2.24) is 9.78 Å². The number of hydrogen-bond acceptors (Lipinski definition) is 3. The summed E-state index contributed by atoms with van der Waals surface area (Å²) in [5.41, 5.74) is 1.71. The third-order valence-corrected chi connectivity index (χ3v) is 2.61. The van der Waals surface area contributed by atoms with Crippen LogP contribution in [0.1, 0.15) is 23.0 Å². The lowest BCUT2D eigenvalue weighted by Crippen LogP contribution is -2.05. The van der Waals surface area contributed by atoms with Crippen LogP contribution in [-0.2, 0) is 13.1 Å². The van der Waals surface area contributed by atoms with Gasteiger partial charge in [-0.25, -0.2) is 4.79 Å². The number of anilines is 1. The quantitative estimate of drug-likeness (QED) is 0.884. The van der Waals surface area contributed by atoms with E-state index in [1.807, 2.05) is 37.3 Å². The number of carboxylic acid groups (broad SMARTS) is 1. The highest BCUT2D eigenvalue weighted by atomic mass is 35.5. The highest BCUT2D eigenvalue weighted by Crippen LogP contribution is 2.15. The van der Waals surface area contributed by atoms with Gasteiger partial charge in [-0.3, -0.25) is 4.68 Å². The average Bonchev–Trinajstić information content (AvgIpc) is 2.81. The number of aromatic nitrogens is 2. The van der Waals surface area contributed by atoms with Crippen molar-refractivity contribution in [2.24, 2.45) is 0 Å². The van der Waals surface area contributed by atoms with Crippen LogP contribution in [0.3, 0.4) is 0 Å². The molecular weight excluding hydrogens is 266 g/mol. The minimum absolute atomic E-state index is 0. The van der Waals surface area contributed by atoms with Crippen LogP contribution in [0.4, 0.5) is 5.69 Å². The second-order valence-electron chi connectivity index (χ2n) is 3.89. The first-order valence-corrected chi connectivity index (χ1v) is 5.79. The first kappa shape index (κ1) is 15.0. The first-order valence-electron chi connectivity index (χ1n) is 5.79. The summed E-state index contributed by atoms with van der Waals surface area (Å²) in [6.45, 7) is 3.14. The summed E-state index contributed by atoms with van der Waals surface area (Å²) < 4.78 is 1.61. The van der Waals surface area contributed by atoms with Crippen LogP contribution < -0.4 is 5.32 Å². The van der Waals surface area contributed by atoms with Gasteiger partial charge in [-0.05, 0) is 12.5 Å². The van der Waals surface area contributed by atoms with Crippen molar-refractivity contribution in [2.75, 3.05) is 5.32 Å². The Morgan fingerprint density at radius 3 is 2.63 bits per heavy atom. The normalized spacial score (nSPS) is 9.74. The van der Waals surface area contributed by atoms with Crippen molar-refractivity contribution >= 4 is 24.1 Å². The number of carboxylic acids is 1. The molecule has 0 saturated heterocycles. The number of aryl methyl sites for hydroxylation is 1. The molecule has 2 N–H and O–H groups in total.